The van der Waals surface area contributed by atoms with Gasteiger partial charge in [0.1, 0.15) is 18.2 Å². The molecule has 2 aromatic rings. The smallest absolute Gasteiger partial charge is 0.350 e. The first-order valence-electron chi connectivity index (χ1n) is 7.28. The number of ether oxygens (including phenoxy) is 2. The fraction of sp³-hybridized carbons (Fsp3) is 0.222. The van der Waals surface area contributed by atoms with Crippen LogP contribution < -0.4 is 10.5 Å². The van der Waals surface area contributed by atoms with E-state index in [1.54, 1.807) is 38.1 Å². The van der Waals surface area contributed by atoms with Crippen LogP contribution in [0.15, 0.2) is 48.5 Å². The average Bonchev–Trinajstić information content (AvgIpc) is 2.55. The van der Waals surface area contributed by atoms with Gasteiger partial charge in [0.2, 0.25) is 5.91 Å². The molecule has 0 aromatic heterocycles. The van der Waals surface area contributed by atoms with E-state index in [2.05, 4.69) is 0 Å². The summed E-state index contributed by atoms with van der Waals surface area (Å²) in [7, 11) is 0. The van der Waals surface area contributed by atoms with E-state index in [-0.39, 0.29) is 12.4 Å². The van der Waals surface area contributed by atoms with E-state index >= 15 is 0 Å². The van der Waals surface area contributed by atoms with Crippen molar-refractivity contribution in [1.82, 2.24) is 0 Å². The van der Waals surface area contributed by atoms with Crippen LogP contribution in [0.25, 0.3) is 0 Å². The Hall–Kier alpha value is -2.89. The Balaban J connectivity index is 1.94. The number of esters is 1. The maximum atomic E-state index is 12.9. The van der Waals surface area contributed by atoms with Gasteiger partial charge in [0.25, 0.3) is 0 Å². The summed E-state index contributed by atoms with van der Waals surface area (Å²) in [5.41, 5.74) is 5.02. The molecule has 0 aliphatic heterocycles. The third-order valence-corrected chi connectivity index (χ3v) is 3.29. The van der Waals surface area contributed by atoms with Crippen LogP contribution in [0.4, 0.5) is 4.39 Å². The summed E-state index contributed by atoms with van der Waals surface area (Å²) in [6.45, 7) is 3.16. The average molecular weight is 331 g/mol. The second-order valence-electron chi connectivity index (χ2n) is 5.70. The van der Waals surface area contributed by atoms with E-state index in [9.17, 15) is 14.0 Å². The Bertz CT molecular complexity index is 724. The molecule has 0 atom stereocenters. The van der Waals surface area contributed by atoms with Crippen molar-refractivity contribution in [3.63, 3.8) is 0 Å². The number of hydrogen-bond donors (Lipinski definition) is 1. The molecule has 5 nitrogen and oxygen atoms in total. The summed E-state index contributed by atoms with van der Waals surface area (Å²) in [4.78, 5) is 23.2. The van der Waals surface area contributed by atoms with Crippen LogP contribution in [0.2, 0.25) is 0 Å². The van der Waals surface area contributed by atoms with Gasteiger partial charge >= 0.3 is 5.97 Å². The lowest BCUT2D eigenvalue weighted by molar-refractivity contribution is -0.160. The number of carbonyl (C=O) groups excluding carboxylic acids is 2. The van der Waals surface area contributed by atoms with Gasteiger partial charge in [-0.05, 0) is 55.8 Å². The molecule has 0 aliphatic rings. The first-order valence-corrected chi connectivity index (χ1v) is 7.28. The van der Waals surface area contributed by atoms with Crippen LogP contribution in [0.3, 0.4) is 0 Å². The third kappa shape index (κ3) is 4.55. The quantitative estimate of drug-likeness (QED) is 0.826. The van der Waals surface area contributed by atoms with Crippen molar-refractivity contribution >= 4 is 11.9 Å². The molecule has 0 aliphatic carbocycles. The van der Waals surface area contributed by atoms with E-state index in [1.807, 2.05) is 0 Å². The Morgan fingerprint density at radius 3 is 2.17 bits per heavy atom. The van der Waals surface area contributed by atoms with Crippen LogP contribution in [0.1, 0.15) is 29.8 Å². The number of hydrogen-bond acceptors (Lipinski definition) is 4. The summed E-state index contributed by atoms with van der Waals surface area (Å²) in [5, 5.41) is 0. The van der Waals surface area contributed by atoms with Gasteiger partial charge in [-0.25, -0.2) is 9.18 Å². The fourth-order valence-corrected chi connectivity index (χ4v) is 1.93. The molecule has 0 radical (unpaired) electrons. The Morgan fingerprint density at radius 2 is 1.62 bits per heavy atom. The highest BCUT2D eigenvalue weighted by atomic mass is 19.1. The Kier molecular flexibility index (Phi) is 5.18. The maximum absolute atomic E-state index is 12.9. The number of primary amides is 1. The lowest BCUT2D eigenvalue weighted by atomic mass is 10.1. The number of nitrogens with two attached hydrogens (primary N) is 1. The lowest BCUT2D eigenvalue weighted by Gasteiger charge is -2.24. The van der Waals surface area contributed by atoms with Crippen LogP contribution >= 0.6 is 0 Å². The van der Waals surface area contributed by atoms with Gasteiger partial charge in [-0.3, -0.25) is 4.79 Å². The molecular formula is C18H18FNO4. The van der Waals surface area contributed by atoms with Gasteiger partial charge < -0.3 is 15.2 Å². The number of halogens is 1. The van der Waals surface area contributed by atoms with Crippen molar-refractivity contribution < 1.29 is 23.5 Å². The van der Waals surface area contributed by atoms with Crippen molar-refractivity contribution in [2.75, 3.05) is 0 Å². The summed E-state index contributed by atoms with van der Waals surface area (Å²) >= 11 is 0. The number of rotatable bonds is 6. The summed E-state index contributed by atoms with van der Waals surface area (Å²) < 4.78 is 23.7. The molecule has 0 unspecified atom stereocenters. The van der Waals surface area contributed by atoms with E-state index < -0.39 is 17.5 Å². The molecule has 0 fully saturated rings. The number of amides is 1. The normalized spacial score (nSPS) is 11.0. The SMILES string of the molecule is CC(C)(Oc1ccc(F)cc1)C(=O)OCc1ccc(C(N)=O)cc1. The van der Waals surface area contributed by atoms with Crippen molar-refractivity contribution in [3.8, 4) is 5.75 Å². The van der Waals surface area contributed by atoms with Crippen molar-refractivity contribution in [3.05, 3.63) is 65.5 Å². The molecule has 0 saturated heterocycles. The summed E-state index contributed by atoms with van der Waals surface area (Å²) in [6.07, 6.45) is 0. The minimum Gasteiger partial charge on any atom is -0.476 e. The molecule has 24 heavy (non-hydrogen) atoms. The minimum atomic E-state index is -1.23. The van der Waals surface area contributed by atoms with E-state index in [0.29, 0.717) is 16.9 Å². The maximum Gasteiger partial charge on any atom is 0.350 e. The van der Waals surface area contributed by atoms with Gasteiger partial charge in [0.15, 0.2) is 5.60 Å². The third-order valence-electron chi connectivity index (χ3n) is 3.29. The summed E-state index contributed by atoms with van der Waals surface area (Å²) in [6, 6.07) is 11.8. The van der Waals surface area contributed by atoms with Crippen LogP contribution in [-0.2, 0) is 16.1 Å². The topological polar surface area (TPSA) is 78.6 Å². The zero-order valence-corrected chi connectivity index (χ0v) is 13.4. The monoisotopic (exact) mass is 331 g/mol. The first-order chi connectivity index (χ1) is 11.3. The fourth-order valence-electron chi connectivity index (χ4n) is 1.93. The predicted molar refractivity (Wildman–Crippen MR) is 85.9 cm³/mol. The molecule has 2 rings (SSSR count). The molecule has 1 amide bonds. The standard InChI is InChI=1S/C18H18FNO4/c1-18(2,24-15-9-7-14(19)8-10-15)17(22)23-11-12-3-5-13(6-4-12)16(20)21/h3-10H,11H2,1-2H3,(H2,20,21). The van der Waals surface area contributed by atoms with Crippen molar-refractivity contribution in [2.24, 2.45) is 5.73 Å². The number of benzene rings is 2. The number of carbonyl (C=O) groups is 2. The highest BCUT2D eigenvalue weighted by molar-refractivity contribution is 5.92. The molecule has 0 saturated carbocycles. The van der Waals surface area contributed by atoms with Gasteiger partial charge in [-0.15, -0.1) is 0 Å². The van der Waals surface area contributed by atoms with E-state index in [1.165, 1.54) is 24.3 Å². The molecule has 0 bridgehead atoms. The van der Waals surface area contributed by atoms with Crippen LogP contribution in [-0.4, -0.2) is 17.5 Å². The molecule has 6 heteroatoms. The van der Waals surface area contributed by atoms with Gasteiger partial charge in [0, 0.05) is 5.56 Å². The molecular weight excluding hydrogens is 313 g/mol. The van der Waals surface area contributed by atoms with E-state index in [0.717, 1.165) is 0 Å². The van der Waals surface area contributed by atoms with Crippen LogP contribution in [0, 0.1) is 5.82 Å². The van der Waals surface area contributed by atoms with Crippen molar-refractivity contribution in [2.45, 2.75) is 26.1 Å². The highest BCUT2D eigenvalue weighted by Crippen LogP contribution is 2.20. The summed E-state index contributed by atoms with van der Waals surface area (Å²) in [5.74, 6) is -1.11. The lowest BCUT2D eigenvalue weighted by Crippen LogP contribution is -2.39. The zero-order chi connectivity index (χ0) is 17.7. The largest absolute Gasteiger partial charge is 0.476 e. The molecule has 2 N–H and O–H groups in total. The van der Waals surface area contributed by atoms with Crippen molar-refractivity contribution in [1.29, 1.82) is 0 Å². The van der Waals surface area contributed by atoms with Gasteiger partial charge in [0.05, 0.1) is 0 Å². The minimum absolute atomic E-state index is 0.0358. The second kappa shape index (κ2) is 7.12. The molecule has 2 aromatic carbocycles. The van der Waals surface area contributed by atoms with Crippen LogP contribution in [0.5, 0.6) is 5.75 Å². The zero-order valence-electron chi connectivity index (χ0n) is 13.4. The Morgan fingerprint density at radius 1 is 1.04 bits per heavy atom. The van der Waals surface area contributed by atoms with Gasteiger partial charge in [-0.2, -0.15) is 0 Å². The van der Waals surface area contributed by atoms with E-state index in [4.69, 9.17) is 15.2 Å². The highest BCUT2D eigenvalue weighted by Gasteiger charge is 2.31. The van der Waals surface area contributed by atoms with Gasteiger partial charge in [-0.1, -0.05) is 12.1 Å². The first kappa shape index (κ1) is 17.5. The molecule has 0 spiro atoms. The second-order valence-corrected chi connectivity index (χ2v) is 5.70. The predicted octanol–water partition coefficient (Wildman–Crippen LogP) is 2.83. The Labute approximate surface area is 139 Å². The molecule has 0 heterocycles. The molecule has 126 valence electrons.